The number of carbonyl (C=O) groups is 1. The summed E-state index contributed by atoms with van der Waals surface area (Å²) in [5.74, 6) is -0.631. The highest BCUT2D eigenvalue weighted by Gasteiger charge is 2.33. The SMILES string of the molecule is CC(C)CN(CC(F)(F)F)C(=O)c1ccc(CCN)cc1. The number of rotatable bonds is 6. The van der Waals surface area contributed by atoms with Gasteiger partial charge in [-0.1, -0.05) is 26.0 Å². The van der Waals surface area contributed by atoms with E-state index in [0.717, 1.165) is 10.5 Å². The van der Waals surface area contributed by atoms with Gasteiger partial charge in [0, 0.05) is 12.1 Å². The Labute approximate surface area is 122 Å². The van der Waals surface area contributed by atoms with Gasteiger partial charge >= 0.3 is 6.18 Å². The first kappa shape index (κ1) is 17.5. The lowest BCUT2D eigenvalue weighted by Crippen LogP contribution is -2.41. The normalized spacial score (nSPS) is 11.8. The highest BCUT2D eigenvalue weighted by molar-refractivity contribution is 5.94. The molecule has 0 saturated carbocycles. The molecule has 0 fully saturated rings. The van der Waals surface area contributed by atoms with Crippen molar-refractivity contribution in [2.75, 3.05) is 19.6 Å². The van der Waals surface area contributed by atoms with Crippen molar-refractivity contribution in [3.8, 4) is 0 Å². The van der Waals surface area contributed by atoms with Crippen molar-refractivity contribution in [2.45, 2.75) is 26.4 Å². The minimum atomic E-state index is -4.40. The average Bonchev–Trinajstić information content (AvgIpc) is 2.36. The molecule has 1 rings (SSSR count). The van der Waals surface area contributed by atoms with Gasteiger partial charge in [-0.15, -0.1) is 0 Å². The van der Waals surface area contributed by atoms with Crippen LogP contribution in [-0.4, -0.2) is 36.6 Å². The highest BCUT2D eigenvalue weighted by atomic mass is 19.4. The van der Waals surface area contributed by atoms with Crippen LogP contribution in [0.25, 0.3) is 0 Å². The third kappa shape index (κ3) is 6.16. The molecular weight excluding hydrogens is 281 g/mol. The summed E-state index contributed by atoms with van der Waals surface area (Å²) in [6.45, 7) is 2.89. The lowest BCUT2D eigenvalue weighted by Gasteiger charge is -2.25. The summed E-state index contributed by atoms with van der Waals surface area (Å²) < 4.78 is 37.8. The standard InChI is InChI=1S/C15H21F3N2O/c1-11(2)9-20(10-15(16,17)18)14(21)13-5-3-12(4-6-13)7-8-19/h3-6,11H,7-10,19H2,1-2H3. The van der Waals surface area contributed by atoms with E-state index in [4.69, 9.17) is 5.73 Å². The zero-order valence-corrected chi connectivity index (χ0v) is 12.3. The first-order chi connectivity index (χ1) is 9.73. The van der Waals surface area contributed by atoms with Gasteiger partial charge < -0.3 is 10.6 Å². The summed E-state index contributed by atoms with van der Waals surface area (Å²) in [7, 11) is 0. The van der Waals surface area contributed by atoms with E-state index in [1.54, 1.807) is 38.1 Å². The van der Waals surface area contributed by atoms with Crippen molar-refractivity contribution in [1.29, 1.82) is 0 Å². The van der Waals surface area contributed by atoms with Crippen LogP contribution in [-0.2, 0) is 6.42 Å². The minimum Gasteiger partial charge on any atom is -0.330 e. The van der Waals surface area contributed by atoms with Crippen LogP contribution in [0.15, 0.2) is 24.3 Å². The van der Waals surface area contributed by atoms with Gasteiger partial charge in [0.25, 0.3) is 5.91 Å². The molecular formula is C15H21F3N2O. The predicted octanol–water partition coefficient (Wildman–Crippen LogP) is 2.85. The molecule has 0 aliphatic rings. The molecule has 21 heavy (non-hydrogen) atoms. The van der Waals surface area contributed by atoms with Crippen LogP contribution < -0.4 is 5.73 Å². The molecule has 6 heteroatoms. The van der Waals surface area contributed by atoms with Crippen molar-refractivity contribution >= 4 is 5.91 Å². The van der Waals surface area contributed by atoms with E-state index in [1.165, 1.54) is 0 Å². The first-order valence-electron chi connectivity index (χ1n) is 6.88. The minimum absolute atomic E-state index is 0.0344. The van der Waals surface area contributed by atoms with Gasteiger partial charge in [0.05, 0.1) is 0 Å². The van der Waals surface area contributed by atoms with Crippen LogP contribution in [0.2, 0.25) is 0 Å². The summed E-state index contributed by atoms with van der Waals surface area (Å²) in [5.41, 5.74) is 6.65. The molecule has 0 aromatic heterocycles. The molecule has 0 unspecified atom stereocenters. The Morgan fingerprint density at radius 1 is 1.24 bits per heavy atom. The second kappa shape index (κ2) is 7.45. The highest BCUT2D eigenvalue weighted by Crippen LogP contribution is 2.19. The second-order valence-electron chi connectivity index (χ2n) is 5.43. The van der Waals surface area contributed by atoms with E-state index < -0.39 is 18.6 Å². The van der Waals surface area contributed by atoms with Crippen molar-refractivity contribution in [3.05, 3.63) is 35.4 Å². The van der Waals surface area contributed by atoms with E-state index >= 15 is 0 Å². The maximum absolute atomic E-state index is 12.6. The van der Waals surface area contributed by atoms with Crippen molar-refractivity contribution in [2.24, 2.45) is 11.7 Å². The van der Waals surface area contributed by atoms with Crippen LogP contribution in [0.4, 0.5) is 13.2 Å². The van der Waals surface area contributed by atoms with Gasteiger partial charge in [0.2, 0.25) is 0 Å². The lowest BCUT2D eigenvalue weighted by molar-refractivity contribution is -0.141. The van der Waals surface area contributed by atoms with Gasteiger partial charge in [-0.3, -0.25) is 4.79 Å². The van der Waals surface area contributed by atoms with E-state index in [0.29, 0.717) is 13.0 Å². The Bertz CT molecular complexity index is 455. The van der Waals surface area contributed by atoms with Crippen molar-refractivity contribution in [3.63, 3.8) is 0 Å². The first-order valence-corrected chi connectivity index (χ1v) is 6.88. The molecule has 0 bridgehead atoms. The smallest absolute Gasteiger partial charge is 0.330 e. The Morgan fingerprint density at radius 3 is 2.24 bits per heavy atom. The molecule has 0 spiro atoms. The molecule has 1 aromatic carbocycles. The number of halogens is 3. The Balaban J connectivity index is 2.88. The molecule has 3 nitrogen and oxygen atoms in total. The molecule has 0 heterocycles. The molecule has 0 saturated heterocycles. The Kier molecular flexibility index (Phi) is 6.20. The largest absolute Gasteiger partial charge is 0.406 e. The van der Waals surface area contributed by atoms with Gasteiger partial charge in [-0.25, -0.2) is 0 Å². The number of carbonyl (C=O) groups excluding carboxylic acids is 1. The van der Waals surface area contributed by atoms with Gasteiger partial charge in [-0.2, -0.15) is 13.2 Å². The van der Waals surface area contributed by atoms with Gasteiger partial charge in [0.15, 0.2) is 0 Å². The number of alkyl halides is 3. The zero-order chi connectivity index (χ0) is 16.0. The van der Waals surface area contributed by atoms with E-state index in [1.807, 2.05) is 0 Å². The van der Waals surface area contributed by atoms with E-state index in [2.05, 4.69) is 0 Å². The fraction of sp³-hybridized carbons (Fsp3) is 0.533. The maximum Gasteiger partial charge on any atom is 0.406 e. The van der Waals surface area contributed by atoms with Crippen LogP contribution in [0.3, 0.4) is 0 Å². The van der Waals surface area contributed by atoms with Gasteiger partial charge in [-0.05, 0) is 36.6 Å². The predicted molar refractivity (Wildman–Crippen MR) is 76.0 cm³/mol. The number of amides is 1. The molecule has 1 amide bonds. The topological polar surface area (TPSA) is 46.3 Å². The number of nitrogens with zero attached hydrogens (tertiary/aromatic N) is 1. The average molecular weight is 302 g/mol. The number of benzene rings is 1. The molecule has 0 radical (unpaired) electrons. The monoisotopic (exact) mass is 302 g/mol. The fourth-order valence-electron chi connectivity index (χ4n) is 2.04. The fourth-order valence-corrected chi connectivity index (χ4v) is 2.04. The van der Waals surface area contributed by atoms with Crippen LogP contribution in [0, 0.1) is 5.92 Å². The summed E-state index contributed by atoms with van der Waals surface area (Å²) in [6.07, 6.45) is -3.73. The summed E-state index contributed by atoms with van der Waals surface area (Å²) in [5, 5.41) is 0. The summed E-state index contributed by atoms with van der Waals surface area (Å²) in [6, 6.07) is 6.55. The molecule has 2 N–H and O–H groups in total. The van der Waals surface area contributed by atoms with Crippen LogP contribution >= 0.6 is 0 Å². The Hall–Kier alpha value is -1.56. The van der Waals surface area contributed by atoms with E-state index in [-0.39, 0.29) is 18.0 Å². The number of nitrogens with two attached hydrogens (primary N) is 1. The third-order valence-corrected chi connectivity index (χ3v) is 2.88. The lowest BCUT2D eigenvalue weighted by atomic mass is 10.1. The summed E-state index contributed by atoms with van der Waals surface area (Å²) in [4.78, 5) is 13.1. The molecule has 0 aliphatic carbocycles. The zero-order valence-electron chi connectivity index (χ0n) is 12.3. The number of hydrogen-bond donors (Lipinski definition) is 1. The Morgan fingerprint density at radius 2 is 1.81 bits per heavy atom. The van der Waals surface area contributed by atoms with Crippen molar-refractivity contribution in [1.82, 2.24) is 4.90 Å². The van der Waals surface area contributed by atoms with Crippen molar-refractivity contribution < 1.29 is 18.0 Å². The maximum atomic E-state index is 12.6. The van der Waals surface area contributed by atoms with E-state index in [9.17, 15) is 18.0 Å². The second-order valence-corrected chi connectivity index (χ2v) is 5.43. The van der Waals surface area contributed by atoms with Gasteiger partial charge in [0.1, 0.15) is 6.54 Å². The molecule has 0 aliphatic heterocycles. The molecule has 1 aromatic rings. The van der Waals surface area contributed by atoms with Crippen LogP contribution in [0.5, 0.6) is 0 Å². The summed E-state index contributed by atoms with van der Waals surface area (Å²) >= 11 is 0. The quantitative estimate of drug-likeness (QED) is 0.878. The number of hydrogen-bond acceptors (Lipinski definition) is 2. The third-order valence-electron chi connectivity index (χ3n) is 2.88. The molecule has 0 atom stereocenters. The van der Waals surface area contributed by atoms with Crippen LogP contribution in [0.1, 0.15) is 29.8 Å². The molecule has 118 valence electrons.